The first-order valence-corrected chi connectivity index (χ1v) is 14.7. The number of nitrogens with zero attached hydrogens (tertiary/aromatic N) is 3. The molecule has 0 radical (unpaired) electrons. The lowest BCUT2D eigenvalue weighted by atomic mass is 10.0. The molecule has 1 aliphatic rings. The Morgan fingerprint density at radius 1 is 0.860 bits per heavy atom. The minimum Gasteiger partial charge on any atom is -0.494 e. The standard InChI is InChI=1S/C33H37N5O5/c1-2-43-27-14-12-25(13-15-27)35-31(40)23-38-29-11-7-6-10-28(29)32(41)37(33(38)42)21-18-30(39)34-26-16-19-36(20-17-26)22-24-8-4-3-5-9-24/h3-15,26H,2,16-23H2,1H3,(H,34,39)(H,35,40). The van der Waals surface area contributed by atoms with Gasteiger partial charge in [-0.2, -0.15) is 0 Å². The van der Waals surface area contributed by atoms with Gasteiger partial charge in [-0.3, -0.25) is 28.4 Å². The maximum atomic E-state index is 13.5. The van der Waals surface area contributed by atoms with Crippen molar-refractivity contribution in [3.8, 4) is 5.75 Å². The van der Waals surface area contributed by atoms with Crippen LogP contribution >= 0.6 is 0 Å². The Morgan fingerprint density at radius 2 is 1.56 bits per heavy atom. The van der Waals surface area contributed by atoms with Crippen molar-refractivity contribution in [1.29, 1.82) is 0 Å². The Labute approximate surface area is 249 Å². The summed E-state index contributed by atoms with van der Waals surface area (Å²) in [6, 6.07) is 24.0. The fourth-order valence-corrected chi connectivity index (χ4v) is 5.46. The fraction of sp³-hybridized carbons (Fsp3) is 0.333. The van der Waals surface area contributed by atoms with Crippen LogP contribution in [0.2, 0.25) is 0 Å². The number of para-hydroxylation sites is 1. The van der Waals surface area contributed by atoms with E-state index >= 15 is 0 Å². The summed E-state index contributed by atoms with van der Waals surface area (Å²) in [5.74, 6) is 0.0612. The van der Waals surface area contributed by atoms with Gasteiger partial charge in [0.25, 0.3) is 5.56 Å². The highest BCUT2D eigenvalue weighted by Crippen LogP contribution is 2.16. The van der Waals surface area contributed by atoms with E-state index in [0.29, 0.717) is 28.9 Å². The molecule has 0 aliphatic carbocycles. The number of hydrogen-bond acceptors (Lipinski definition) is 6. The number of aromatic nitrogens is 2. The molecule has 1 aromatic heterocycles. The summed E-state index contributed by atoms with van der Waals surface area (Å²) >= 11 is 0. The van der Waals surface area contributed by atoms with Crippen molar-refractivity contribution in [3.63, 3.8) is 0 Å². The molecule has 0 atom stereocenters. The normalized spacial score (nSPS) is 14.0. The van der Waals surface area contributed by atoms with Gasteiger partial charge in [0.15, 0.2) is 0 Å². The molecule has 2 N–H and O–H groups in total. The molecule has 1 saturated heterocycles. The quantitative estimate of drug-likeness (QED) is 0.280. The van der Waals surface area contributed by atoms with Crippen molar-refractivity contribution in [2.45, 2.75) is 51.9 Å². The number of benzene rings is 3. The van der Waals surface area contributed by atoms with E-state index in [1.807, 2.05) is 25.1 Å². The highest BCUT2D eigenvalue weighted by molar-refractivity contribution is 5.91. The summed E-state index contributed by atoms with van der Waals surface area (Å²) in [5.41, 5.74) is 1.08. The number of carbonyl (C=O) groups is 2. The lowest BCUT2D eigenvalue weighted by Gasteiger charge is -2.32. The number of likely N-dealkylation sites (tertiary alicyclic amines) is 1. The fourth-order valence-electron chi connectivity index (χ4n) is 5.46. The molecule has 10 nitrogen and oxygen atoms in total. The molecule has 2 heterocycles. The molecular weight excluding hydrogens is 546 g/mol. The molecule has 1 aliphatic heterocycles. The number of nitrogens with one attached hydrogen (secondary N) is 2. The second-order valence-corrected chi connectivity index (χ2v) is 10.7. The summed E-state index contributed by atoms with van der Waals surface area (Å²) in [5, 5.41) is 6.17. The highest BCUT2D eigenvalue weighted by atomic mass is 16.5. The van der Waals surface area contributed by atoms with E-state index in [1.165, 1.54) is 10.1 Å². The van der Waals surface area contributed by atoms with E-state index in [9.17, 15) is 19.2 Å². The van der Waals surface area contributed by atoms with Crippen molar-refractivity contribution in [1.82, 2.24) is 19.4 Å². The molecule has 43 heavy (non-hydrogen) atoms. The summed E-state index contributed by atoms with van der Waals surface area (Å²) < 4.78 is 7.76. The van der Waals surface area contributed by atoms with Crippen LogP contribution in [0.25, 0.3) is 10.9 Å². The number of amides is 2. The van der Waals surface area contributed by atoms with Gasteiger partial charge in [-0.1, -0.05) is 42.5 Å². The Morgan fingerprint density at radius 3 is 2.28 bits per heavy atom. The van der Waals surface area contributed by atoms with E-state index in [0.717, 1.165) is 37.0 Å². The number of anilines is 1. The Hall–Kier alpha value is -4.70. The second kappa shape index (κ2) is 14.0. The van der Waals surface area contributed by atoms with E-state index in [1.54, 1.807) is 48.5 Å². The third-order valence-electron chi connectivity index (χ3n) is 7.65. The molecule has 2 amide bonds. The number of ether oxygens (including phenoxy) is 1. The Kier molecular flexibility index (Phi) is 9.68. The minimum absolute atomic E-state index is 0.0178. The van der Waals surface area contributed by atoms with E-state index in [-0.39, 0.29) is 31.5 Å². The average Bonchev–Trinajstić information content (AvgIpc) is 3.02. The zero-order chi connectivity index (χ0) is 30.2. The van der Waals surface area contributed by atoms with E-state index < -0.39 is 17.2 Å². The molecule has 0 spiro atoms. The van der Waals surface area contributed by atoms with E-state index in [4.69, 9.17) is 4.74 Å². The van der Waals surface area contributed by atoms with Gasteiger partial charge in [-0.05, 0) is 61.7 Å². The predicted octanol–water partition coefficient (Wildman–Crippen LogP) is 3.37. The predicted molar refractivity (Wildman–Crippen MR) is 166 cm³/mol. The largest absolute Gasteiger partial charge is 0.494 e. The Bertz CT molecular complexity index is 1670. The molecule has 10 heteroatoms. The number of fused-ring (bicyclic) bond motifs is 1. The molecule has 0 unspecified atom stereocenters. The van der Waals surface area contributed by atoms with Crippen LogP contribution in [0.4, 0.5) is 5.69 Å². The van der Waals surface area contributed by atoms with Crippen LogP contribution in [0.5, 0.6) is 5.75 Å². The summed E-state index contributed by atoms with van der Waals surface area (Å²) in [4.78, 5) is 54.9. The topological polar surface area (TPSA) is 115 Å². The monoisotopic (exact) mass is 583 g/mol. The lowest BCUT2D eigenvalue weighted by Crippen LogP contribution is -2.45. The summed E-state index contributed by atoms with van der Waals surface area (Å²) in [6.07, 6.45) is 1.66. The number of hydrogen-bond donors (Lipinski definition) is 2. The van der Waals surface area contributed by atoms with Gasteiger partial charge in [0.2, 0.25) is 11.8 Å². The Balaban J connectivity index is 1.22. The highest BCUT2D eigenvalue weighted by Gasteiger charge is 2.21. The molecule has 224 valence electrons. The number of rotatable bonds is 11. The van der Waals surface area contributed by atoms with Crippen molar-refractivity contribution in [2.24, 2.45) is 0 Å². The van der Waals surface area contributed by atoms with E-state index in [2.05, 4.69) is 27.7 Å². The van der Waals surface area contributed by atoms with Gasteiger partial charge in [0, 0.05) is 44.3 Å². The van der Waals surface area contributed by atoms with Gasteiger partial charge in [-0.15, -0.1) is 0 Å². The maximum absolute atomic E-state index is 13.5. The number of piperidine rings is 1. The molecule has 0 bridgehead atoms. The SMILES string of the molecule is CCOc1ccc(NC(=O)Cn2c(=O)n(CCC(=O)NC3CCN(Cc4ccccc4)CC3)c(=O)c3ccccc32)cc1. The van der Waals surface area contributed by atoms with Gasteiger partial charge >= 0.3 is 5.69 Å². The van der Waals surface area contributed by atoms with Crippen LogP contribution in [-0.4, -0.2) is 51.6 Å². The lowest BCUT2D eigenvalue weighted by molar-refractivity contribution is -0.122. The third-order valence-corrected chi connectivity index (χ3v) is 7.65. The first-order valence-electron chi connectivity index (χ1n) is 14.7. The first-order chi connectivity index (χ1) is 20.9. The van der Waals surface area contributed by atoms with Crippen molar-refractivity contribution < 1.29 is 14.3 Å². The van der Waals surface area contributed by atoms with Gasteiger partial charge in [0.05, 0.1) is 17.5 Å². The minimum atomic E-state index is -0.632. The molecule has 5 rings (SSSR count). The summed E-state index contributed by atoms with van der Waals surface area (Å²) in [6.45, 7) is 4.70. The molecule has 0 saturated carbocycles. The third kappa shape index (κ3) is 7.58. The number of carbonyl (C=O) groups excluding carboxylic acids is 2. The second-order valence-electron chi connectivity index (χ2n) is 10.7. The zero-order valence-corrected chi connectivity index (χ0v) is 24.3. The van der Waals surface area contributed by atoms with Crippen molar-refractivity contribution in [2.75, 3.05) is 25.0 Å². The van der Waals surface area contributed by atoms with Crippen LogP contribution in [-0.2, 0) is 29.2 Å². The van der Waals surface area contributed by atoms with Crippen LogP contribution in [0.1, 0.15) is 31.7 Å². The van der Waals surface area contributed by atoms with Gasteiger partial charge in [0.1, 0.15) is 12.3 Å². The van der Waals surface area contributed by atoms with Crippen LogP contribution in [0.15, 0.2) is 88.5 Å². The van der Waals surface area contributed by atoms with Gasteiger partial charge < -0.3 is 15.4 Å². The molecule has 3 aromatic carbocycles. The van der Waals surface area contributed by atoms with Crippen LogP contribution in [0, 0.1) is 0 Å². The zero-order valence-electron chi connectivity index (χ0n) is 24.3. The van der Waals surface area contributed by atoms with Crippen LogP contribution < -0.4 is 26.6 Å². The smallest absolute Gasteiger partial charge is 0.331 e. The first kappa shape index (κ1) is 29.8. The van der Waals surface area contributed by atoms with Crippen molar-refractivity contribution in [3.05, 3.63) is 105 Å². The van der Waals surface area contributed by atoms with Crippen LogP contribution in [0.3, 0.4) is 0 Å². The molecule has 4 aromatic rings. The molecular formula is C33H37N5O5. The summed E-state index contributed by atoms with van der Waals surface area (Å²) in [7, 11) is 0. The molecule has 1 fully saturated rings. The van der Waals surface area contributed by atoms with Crippen molar-refractivity contribution >= 4 is 28.4 Å². The average molecular weight is 584 g/mol. The maximum Gasteiger partial charge on any atom is 0.331 e. The van der Waals surface area contributed by atoms with Gasteiger partial charge in [-0.25, -0.2) is 4.79 Å².